The topological polar surface area (TPSA) is 58.2 Å². The van der Waals surface area contributed by atoms with Crippen LogP contribution in [0.25, 0.3) is 4.91 Å². The summed E-state index contributed by atoms with van der Waals surface area (Å²) in [4.78, 5) is 0.361. The molecule has 0 radical (unpaired) electrons. The predicted molar refractivity (Wildman–Crippen MR) is 90.3 cm³/mol. The highest BCUT2D eigenvalue weighted by molar-refractivity contribution is 7.99. The molecule has 0 spiro atoms. The average Bonchev–Trinajstić information content (AvgIpc) is 2.52. The number of benzene rings is 1. The highest BCUT2D eigenvalue weighted by Crippen LogP contribution is 2.37. The molecule has 0 unspecified atom stereocenters. The molecular weight excluding hydrogens is 331 g/mol. The second-order valence-electron chi connectivity index (χ2n) is 5.33. The highest BCUT2D eigenvalue weighted by Gasteiger charge is 2.42. The molecule has 2 N–H and O–H groups in total. The first-order valence-electron chi connectivity index (χ1n) is 6.52. The second kappa shape index (κ2) is 6.67. The van der Waals surface area contributed by atoms with Crippen LogP contribution in [0.3, 0.4) is 0 Å². The Bertz CT molecular complexity index is 637. The molecule has 2 rings (SSSR count). The van der Waals surface area contributed by atoms with Crippen molar-refractivity contribution in [1.29, 1.82) is 0 Å². The Morgan fingerprint density at radius 2 is 1.81 bits per heavy atom. The molecule has 0 aliphatic carbocycles. The number of likely N-dealkylation sites (N-methyl/N-ethyl adjacent to an activating group) is 1. The third-order valence-electron chi connectivity index (χ3n) is 3.34. The maximum absolute atomic E-state index is 12.4. The van der Waals surface area contributed by atoms with Gasteiger partial charge in [0.1, 0.15) is 0 Å². The molecule has 4 nitrogen and oxygen atoms in total. The zero-order chi connectivity index (χ0) is 15.0. The molecule has 0 atom stereocenters. The SMILES string of the molecule is CCNCC1=C(c2ccc(Cl)cc2)S(=O)(=O)NC1(C)C.Cl. The Labute approximate surface area is 137 Å². The fraction of sp³-hybridized carbons (Fsp3) is 0.429. The minimum absolute atomic E-state index is 0. The number of hydrogen-bond donors (Lipinski definition) is 2. The minimum atomic E-state index is -3.49. The van der Waals surface area contributed by atoms with Gasteiger partial charge in [0.25, 0.3) is 0 Å². The van der Waals surface area contributed by atoms with Gasteiger partial charge in [-0.15, -0.1) is 12.4 Å². The van der Waals surface area contributed by atoms with Crippen molar-refractivity contribution in [3.8, 4) is 0 Å². The van der Waals surface area contributed by atoms with Crippen molar-refractivity contribution in [2.24, 2.45) is 0 Å². The van der Waals surface area contributed by atoms with E-state index in [4.69, 9.17) is 11.6 Å². The predicted octanol–water partition coefficient (Wildman–Crippen LogP) is 2.79. The molecule has 118 valence electrons. The van der Waals surface area contributed by atoms with E-state index < -0.39 is 15.6 Å². The van der Waals surface area contributed by atoms with Crippen LogP contribution in [-0.2, 0) is 10.0 Å². The third kappa shape index (κ3) is 3.79. The fourth-order valence-electron chi connectivity index (χ4n) is 2.38. The monoisotopic (exact) mass is 350 g/mol. The van der Waals surface area contributed by atoms with Gasteiger partial charge in [-0.05, 0) is 43.7 Å². The molecule has 0 saturated heterocycles. The summed E-state index contributed by atoms with van der Waals surface area (Å²) in [6, 6.07) is 6.89. The Morgan fingerprint density at radius 3 is 2.33 bits per heavy atom. The lowest BCUT2D eigenvalue weighted by Crippen LogP contribution is -2.40. The maximum atomic E-state index is 12.4. The second-order valence-corrected chi connectivity index (χ2v) is 7.38. The van der Waals surface area contributed by atoms with Gasteiger partial charge in [0.15, 0.2) is 0 Å². The summed E-state index contributed by atoms with van der Waals surface area (Å²) in [6.45, 7) is 7.06. The Morgan fingerprint density at radius 1 is 1.24 bits per heavy atom. The van der Waals surface area contributed by atoms with Crippen molar-refractivity contribution in [2.75, 3.05) is 13.1 Å². The van der Waals surface area contributed by atoms with Crippen LogP contribution in [0, 0.1) is 0 Å². The first-order valence-corrected chi connectivity index (χ1v) is 8.38. The van der Waals surface area contributed by atoms with Gasteiger partial charge >= 0.3 is 0 Å². The van der Waals surface area contributed by atoms with E-state index in [1.54, 1.807) is 24.3 Å². The van der Waals surface area contributed by atoms with Crippen molar-refractivity contribution >= 4 is 38.9 Å². The Kier molecular flexibility index (Phi) is 5.86. The summed E-state index contributed by atoms with van der Waals surface area (Å²) >= 11 is 5.87. The zero-order valence-corrected chi connectivity index (χ0v) is 14.6. The van der Waals surface area contributed by atoms with E-state index in [9.17, 15) is 8.42 Å². The van der Waals surface area contributed by atoms with Crippen LogP contribution in [0.4, 0.5) is 0 Å². The molecule has 1 aliphatic rings. The minimum Gasteiger partial charge on any atom is -0.313 e. The number of sulfonamides is 1. The van der Waals surface area contributed by atoms with Gasteiger partial charge in [-0.25, -0.2) is 13.1 Å². The lowest BCUT2D eigenvalue weighted by Gasteiger charge is -2.21. The van der Waals surface area contributed by atoms with Gasteiger partial charge in [-0.2, -0.15) is 0 Å². The largest absolute Gasteiger partial charge is 0.313 e. The van der Waals surface area contributed by atoms with E-state index in [2.05, 4.69) is 10.0 Å². The smallest absolute Gasteiger partial charge is 0.242 e. The summed E-state index contributed by atoms with van der Waals surface area (Å²) in [6.07, 6.45) is 0. The number of nitrogens with one attached hydrogen (secondary N) is 2. The molecule has 21 heavy (non-hydrogen) atoms. The molecule has 0 saturated carbocycles. The summed E-state index contributed by atoms with van der Waals surface area (Å²) in [7, 11) is -3.49. The first kappa shape index (κ1) is 18.5. The van der Waals surface area contributed by atoms with Crippen LogP contribution < -0.4 is 10.0 Å². The third-order valence-corrected chi connectivity index (χ3v) is 5.40. The fourth-order valence-corrected chi connectivity index (χ4v) is 4.50. The van der Waals surface area contributed by atoms with E-state index in [0.29, 0.717) is 22.0 Å². The molecule has 7 heteroatoms. The van der Waals surface area contributed by atoms with Crippen LogP contribution >= 0.6 is 24.0 Å². The standard InChI is InChI=1S/C14H19ClN2O2S.ClH/c1-4-16-9-12-13(10-5-7-11(15)8-6-10)20(18,19)17-14(12,2)3;/h5-8,16-17H,4,9H2,1-3H3;1H. The molecular formula is C14H20Cl2N2O2S. The number of hydrogen-bond acceptors (Lipinski definition) is 3. The van der Waals surface area contributed by atoms with Crippen LogP contribution in [0.15, 0.2) is 29.8 Å². The lowest BCUT2D eigenvalue weighted by molar-refractivity contribution is 0.520. The van der Waals surface area contributed by atoms with Crippen molar-refractivity contribution in [2.45, 2.75) is 26.3 Å². The molecule has 1 aromatic rings. The number of rotatable bonds is 4. The summed E-state index contributed by atoms with van der Waals surface area (Å²) in [5, 5.41) is 3.79. The molecule has 1 aromatic carbocycles. The van der Waals surface area contributed by atoms with Gasteiger partial charge in [0.2, 0.25) is 10.0 Å². The number of halogens is 2. The van der Waals surface area contributed by atoms with Gasteiger partial charge < -0.3 is 5.32 Å². The van der Waals surface area contributed by atoms with Crippen molar-refractivity contribution < 1.29 is 8.42 Å². The molecule has 0 bridgehead atoms. The molecule has 0 amide bonds. The molecule has 0 aromatic heterocycles. The summed E-state index contributed by atoms with van der Waals surface area (Å²) < 4.78 is 27.5. The highest BCUT2D eigenvalue weighted by atomic mass is 35.5. The van der Waals surface area contributed by atoms with Gasteiger partial charge in [0.05, 0.1) is 10.4 Å². The van der Waals surface area contributed by atoms with Crippen LogP contribution in [-0.4, -0.2) is 27.0 Å². The Balaban J connectivity index is 0.00000220. The van der Waals surface area contributed by atoms with Gasteiger partial charge in [0, 0.05) is 11.6 Å². The molecule has 0 fully saturated rings. The van der Waals surface area contributed by atoms with E-state index in [1.807, 2.05) is 20.8 Å². The first-order chi connectivity index (χ1) is 9.28. The lowest BCUT2D eigenvalue weighted by atomic mass is 9.93. The Hall–Kier alpha value is -0.590. The molecule has 1 heterocycles. The van der Waals surface area contributed by atoms with E-state index >= 15 is 0 Å². The van der Waals surface area contributed by atoms with Crippen molar-refractivity contribution in [1.82, 2.24) is 10.0 Å². The average molecular weight is 351 g/mol. The zero-order valence-electron chi connectivity index (χ0n) is 12.2. The summed E-state index contributed by atoms with van der Waals surface area (Å²) in [5.41, 5.74) is 0.928. The summed E-state index contributed by atoms with van der Waals surface area (Å²) in [5.74, 6) is 0. The normalized spacial score (nSPS) is 19.4. The van der Waals surface area contributed by atoms with Crippen molar-refractivity contribution in [3.05, 3.63) is 40.4 Å². The quantitative estimate of drug-likeness (QED) is 0.877. The molecule has 1 aliphatic heterocycles. The van der Waals surface area contributed by atoms with Gasteiger partial charge in [-0.3, -0.25) is 0 Å². The maximum Gasteiger partial charge on any atom is 0.242 e. The van der Waals surface area contributed by atoms with Crippen LogP contribution in [0.2, 0.25) is 5.02 Å². The van der Waals surface area contributed by atoms with E-state index in [-0.39, 0.29) is 12.4 Å². The van der Waals surface area contributed by atoms with E-state index in [0.717, 1.165) is 12.1 Å². The van der Waals surface area contributed by atoms with Crippen molar-refractivity contribution in [3.63, 3.8) is 0 Å². The van der Waals surface area contributed by atoms with Crippen LogP contribution in [0.1, 0.15) is 26.3 Å². The van der Waals surface area contributed by atoms with Crippen LogP contribution in [0.5, 0.6) is 0 Å². The van der Waals surface area contributed by atoms with E-state index in [1.165, 1.54) is 0 Å². The van der Waals surface area contributed by atoms with Gasteiger partial charge in [-0.1, -0.05) is 30.7 Å².